The van der Waals surface area contributed by atoms with Crippen LogP contribution in [0.5, 0.6) is 0 Å². The van der Waals surface area contributed by atoms with Crippen molar-refractivity contribution in [1.29, 1.82) is 0 Å². The van der Waals surface area contributed by atoms with Gasteiger partial charge in [0.2, 0.25) is 5.95 Å². The van der Waals surface area contributed by atoms with E-state index < -0.39 is 5.60 Å². The lowest BCUT2D eigenvalue weighted by atomic mass is 10.2. The fourth-order valence-corrected chi connectivity index (χ4v) is 2.67. The molecule has 0 unspecified atom stereocenters. The highest BCUT2D eigenvalue weighted by atomic mass is 127. The summed E-state index contributed by atoms with van der Waals surface area (Å²) in [6.07, 6.45) is 3.20. The quantitative estimate of drug-likeness (QED) is 0.379. The molecule has 2 heterocycles. The summed E-state index contributed by atoms with van der Waals surface area (Å²) in [6.45, 7) is 10.1. The van der Waals surface area contributed by atoms with Crippen LogP contribution in [-0.2, 0) is 4.74 Å². The number of nitrogens with zero attached hydrogens (tertiary/aromatic N) is 6. The number of hydrogen-bond acceptors (Lipinski definition) is 6. The molecule has 0 radical (unpaired) electrons. The SMILES string of the molecule is CN=C(NCCN(C)C(=O)OC(C)(C)C)N1CCN(c2ncccn2)CC1.I. The largest absolute Gasteiger partial charge is 0.444 e. The highest BCUT2D eigenvalue weighted by Gasteiger charge is 2.22. The highest BCUT2D eigenvalue weighted by Crippen LogP contribution is 2.10. The molecule has 28 heavy (non-hydrogen) atoms. The molecule has 0 aromatic carbocycles. The van der Waals surface area contributed by atoms with E-state index in [1.807, 2.05) is 26.8 Å². The van der Waals surface area contributed by atoms with E-state index in [4.69, 9.17) is 4.74 Å². The lowest BCUT2D eigenvalue weighted by molar-refractivity contribution is 0.0302. The number of piperazine rings is 1. The Hall–Kier alpha value is -1.85. The zero-order valence-corrected chi connectivity index (χ0v) is 19.7. The molecular weight excluding hydrogens is 473 g/mol. The average molecular weight is 505 g/mol. The van der Waals surface area contributed by atoms with Crippen LogP contribution in [0.1, 0.15) is 20.8 Å². The Morgan fingerprint density at radius 3 is 2.39 bits per heavy atom. The Labute approximate surface area is 184 Å². The number of hydrogen-bond donors (Lipinski definition) is 1. The van der Waals surface area contributed by atoms with Crippen LogP contribution in [0, 0.1) is 0 Å². The third-order valence-corrected chi connectivity index (χ3v) is 4.06. The minimum absolute atomic E-state index is 0. The van der Waals surface area contributed by atoms with Crippen LogP contribution in [0.2, 0.25) is 0 Å². The van der Waals surface area contributed by atoms with Crippen molar-refractivity contribution < 1.29 is 9.53 Å². The lowest BCUT2D eigenvalue weighted by Crippen LogP contribution is -2.53. The number of carbonyl (C=O) groups is 1. The third kappa shape index (κ3) is 7.64. The smallest absolute Gasteiger partial charge is 0.410 e. The zero-order valence-electron chi connectivity index (χ0n) is 17.4. The molecule has 1 aromatic heterocycles. The van der Waals surface area contributed by atoms with Gasteiger partial charge in [-0.05, 0) is 26.8 Å². The van der Waals surface area contributed by atoms with Crippen molar-refractivity contribution in [3.8, 4) is 0 Å². The van der Waals surface area contributed by atoms with Gasteiger partial charge in [-0.2, -0.15) is 0 Å². The van der Waals surface area contributed by atoms with Gasteiger partial charge in [0.1, 0.15) is 5.60 Å². The van der Waals surface area contributed by atoms with Crippen molar-refractivity contribution in [2.45, 2.75) is 26.4 Å². The molecule has 1 amide bonds. The predicted octanol–water partition coefficient (Wildman–Crippen LogP) is 1.66. The van der Waals surface area contributed by atoms with Gasteiger partial charge in [-0.3, -0.25) is 4.99 Å². The summed E-state index contributed by atoms with van der Waals surface area (Å²) in [5, 5.41) is 3.32. The molecule has 0 atom stereocenters. The summed E-state index contributed by atoms with van der Waals surface area (Å²) >= 11 is 0. The van der Waals surface area contributed by atoms with Gasteiger partial charge < -0.3 is 24.8 Å². The van der Waals surface area contributed by atoms with Gasteiger partial charge in [-0.1, -0.05) is 0 Å². The first-order valence-electron chi connectivity index (χ1n) is 9.22. The maximum absolute atomic E-state index is 12.0. The van der Waals surface area contributed by atoms with Gasteiger partial charge in [0.25, 0.3) is 0 Å². The van der Waals surface area contributed by atoms with Crippen LogP contribution in [0.4, 0.5) is 10.7 Å². The maximum atomic E-state index is 12.0. The molecule has 1 aliphatic heterocycles. The van der Waals surface area contributed by atoms with Crippen molar-refractivity contribution in [3.63, 3.8) is 0 Å². The molecule has 1 N–H and O–H groups in total. The van der Waals surface area contributed by atoms with Crippen LogP contribution < -0.4 is 10.2 Å². The van der Waals surface area contributed by atoms with Crippen molar-refractivity contribution >= 4 is 42.0 Å². The summed E-state index contributed by atoms with van der Waals surface area (Å²) in [5.74, 6) is 1.60. The van der Waals surface area contributed by atoms with Crippen LogP contribution >= 0.6 is 24.0 Å². The van der Waals surface area contributed by atoms with Gasteiger partial charge in [-0.25, -0.2) is 14.8 Å². The molecular formula is C18H32IN7O2. The van der Waals surface area contributed by atoms with E-state index in [0.29, 0.717) is 13.1 Å². The normalized spacial score (nSPS) is 15.0. The number of halogens is 1. The molecule has 1 fully saturated rings. The number of anilines is 1. The molecule has 0 bridgehead atoms. The van der Waals surface area contributed by atoms with Crippen molar-refractivity contribution in [3.05, 3.63) is 18.5 Å². The molecule has 10 heteroatoms. The van der Waals surface area contributed by atoms with Crippen molar-refractivity contribution in [1.82, 2.24) is 25.1 Å². The van der Waals surface area contributed by atoms with Crippen LogP contribution in [0.3, 0.4) is 0 Å². The number of carbonyl (C=O) groups excluding carboxylic acids is 1. The van der Waals surface area contributed by atoms with E-state index in [0.717, 1.165) is 38.1 Å². The van der Waals surface area contributed by atoms with Gasteiger partial charge >= 0.3 is 6.09 Å². The average Bonchev–Trinajstić information content (AvgIpc) is 2.64. The second kappa shape index (κ2) is 11.2. The molecule has 0 saturated carbocycles. The number of amides is 1. The number of aromatic nitrogens is 2. The second-order valence-electron chi connectivity index (χ2n) is 7.40. The Morgan fingerprint density at radius 2 is 1.86 bits per heavy atom. The van der Waals surface area contributed by atoms with E-state index in [-0.39, 0.29) is 30.1 Å². The van der Waals surface area contributed by atoms with Gasteiger partial charge in [0, 0.05) is 65.8 Å². The summed E-state index contributed by atoms with van der Waals surface area (Å²) in [6, 6.07) is 1.82. The molecule has 0 aliphatic carbocycles. The molecule has 9 nitrogen and oxygen atoms in total. The summed E-state index contributed by atoms with van der Waals surface area (Å²) < 4.78 is 5.35. The Kier molecular flexibility index (Phi) is 9.70. The molecule has 2 rings (SSSR count). The standard InChI is InChI=1S/C18H31N7O2.HI/c1-18(2,3)27-17(26)23(5)10-9-22-15(19-4)24-11-13-25(14-12-24)16-20-7-6-8-21-16;/h6-8H,9-14H2,1-5H3,(H,19,22);1H. The minimum atomic E-state index is -0.489. The minimum Gasteiger partial charge on any atom is -0.444 e. The van der Waals surface area contributed by atoms with E-state index in [1.54, 1.807) is 31.4 Å². The number of aliphatic imine (C=N–C) groups is 1. The third-order valence-electron chi connectivity index (χ3n) is 4.06. The topological polar surface area (TPSA) is 86.2 Å². The molecule has 1 saturated heterocycles. The van der Waals surface area contributed by atoms with Crippen molar-refractivity contribution in [2.75, 3.05) is 58.3 Å². The predicted molar refractivity (Wildman–Crippen MR) is 121 cm³/mol. The van der Waals surface area contributed by atoms with E-state index in [9.17, 15) is 4.79 Å². The van der Waals surface area contributed by atoms with Gasteiger partial charge in [0.05, 0.1) is 0 Å². The summed E-state index contributed by atoms with van der Waals surface area (Å²) in [5.41, 5.74) is -0.489. The first kappa shape index (κ1) is 24.2. The first-order chi connectivity index (χ1) is 12.8. The van der Waals surface area contributed by atoms with Crippen LogP contribution in [0.25, 0.3) is 0 Å². The number of ether oxygens (including phenoxy) is 1. The Morgan fingerprint density at radius 1 is 1.25 bits per heavy atom. The Balaban J connectivity index is 0.00000392. The monoisotopic (exact) mass is 505 g/mol. The summed E-state index contributed by atoms with van der Waals surface area (Å²) in [7, 11) is 3.50. The van der Waals surface area contributed by atoms with E-state index in [1.165, 1.54) is 0 Å². The number of likely N-dealkylation sites (N-methyl/N-ethyl adjacent to an activating group) is 1. The van der Waals surface area contributed by atoms with E-state index >= 15 is 0 Å². The van der Waals surface area contributed by atoms with Crippen LogP contribution in [0.15, 0.2) is 23.5 Å². The van der Waals surface area contributed by atoms with Crippen molar-refractivity contribution in [2.24, 2.45) is 4.99 Å². The molecule has 1 aliphatic rings. The Bertz CT molecular complexity index is 629. The van der Waals surface area contributed by atoms with Crippen LogP contribution in [-0.4, -0.2) is 90.8 Å². The maximum Gasteiger partial charge on any atom is 0.410 e. The number of nitrogens with one attached hydrogen (secondary N) is 1. The fourth-order valence-electron chi connectivity index (χ4n) is 2.67. The molecule has 158 valence electrons. The number of rotatable bonds is 4. The molecule has 1 aromatic rings. The zero-order chi connectivity index (χ0) is 19.9. The second-order valence-corrected chi connectivity index (χ2v) is 7.40. The van der Waals surface area contributed by atoms with Gasteiger partial charge in [0.15, 0.2) is 5.96 Å². The fraction of sp³-hybridized carbons (Fsp3) is 0.667. The molecule has 0 spiro atoms. The first-order valence-corrected chi connectivity index (χ1v) is 9.22. The lowest BCUT2D eigenvalue weighted by Gasteiger charge is -2.36. The van der Waals surface area contributed by atoms with E-state index in [2.05, 4.69) is 30.1 Å². The summed E-state index contributed by atoms with van der Waals surface area (Å²) in [4.78, 5) is 30.9. The highest BCUT2D eigenvalue weighted by molar-refractivity contribution is 14.0. The van der Waals surface area contributed by atoms with Gasteiger partial charge in [-0.15, -0.1) is 24.0 Å². The number of guanidine groups is 1.